The second-order valence-electron chi connectivity index (χ2n) is 5.47. The van der Waals surface area contributed by atoms with Crippen molar-refractivity contribution in [2.75, 3.05) is 0 Å². The predicted octanol–water partition coefficient (Wildman–Crippen LogP) is 4.96. The maximum Gasteiger partial charge on any atom is 0.125 e. The van der Waals surface area contributed by atoms with Crippen LogP contribution >= 0.6 is 15.9 Å². The van der Waals surface area contributed by atoms with Crippen molar-refractivity contribution in [3.05, 3.63) is 28.2 Å². The van der Waals surface area contributed by atoms with Crippen LogP contribution in [0.3, 0.4) is 0 Å². The first kappa shape index (κ1) is 14.9. The van der Waals surface area contributed by atoms with Crippen LogP contribution in [0.2, 0.25) is 0 Å². The molecule has 1 unspecified atom stereocenters. The number of nitrogens with two attached hydrogens (primary N) is 1. The minimum Gasteiger partial charge on any atom is -0.490 e. The summed E-state index contributed by atoms with van der Waals surface area (Å²) in [6.45, 7) is 2.25. The Kier molecular flexibility index (Phi) is 5.71. The summed E-state index contributed by atoms with van der Waals surface area (Å²) in [6.07, 6.45) is 8.92. The van der Waals surface area contributed by atoms with E-state index in [0.29, 0.717) is 6.10 Å². The molecule has 0 fully saturated rings. The maximum atomic E-state index is 6.24. The highest BCUT2D eigenvalue weighted by atomic mass is 79.9. The van der Waals surface area contributed by atoms with E-state index in [1.165, 1.54) is 32.1 Å². The van der Waals surface area contributed by atoms with E-state index in [-0.39, 0.29) is 6.04 Å². The Morgan fingerprint density at radius 2 is 2.05 bits per heavy atom. The highest BCUT2D eigenvalue weighted by molar-refractivity contribution is 9.10. The lowest BCUT2D eigenvalue weighted by Crippen LogP contribution is -2.29. The van der Waals surface area contributed by atoms with Crippen molar-refractivity contribution >= 4 is 15.9 Å². The minimum absolute atomic E-state index is 0.123. The van der Waals surface area contributed by atoms with E-state index in [0.717, 1.165) is 28.6 Å². The van der Waals surface area contributed by atoms with Crippen LogP contribution < -0.4 is 10.5 Å². The van der Waals surface area contributed by atoms with Crippen LogP contribution in [0.25, 0.3) is 0 Å². The number of rotatable bonds is 6. The lowest BCUT2D eigenvalue weighted by Gasteiger charge is -2.30. The van der Waals surface area contributed by atoms with Gasteiger partial charge in [-0.05, 0) is 25.0 Å². The quantitative estimate of drug-likeness (QED) is 0.750. The molecular weight excluding hydrogens is 302 g/mol. The van der Waals surface area contributed by atoms with Crippen molar-refractivity contribution in [1.29, 1.82) is 0 Å². The second kappa shape index (κ2) is 7.30. The molecule has 1 aliphatic heterocycles. The van der Waals surface area contributed by atoms with Gasteiger partial charge in [0.05, 0.1) is 0 Å². The Hall–Kier alpha value is -0.540. The van der Waals surface area contributed by atoms with E-state index in [4.69, 9.17) is 10.5 Å². The number of fused-ring (bicyclic) bond motifs is 1. The molecule has 0 amide bonds. The molecule has 1 heterocycles. The van der Waals surface area contributed by atoms with Crippen LogP contribution in [0.15, 0.2) is 22.7 Å². The molecule has 19 heavy (non-hydrogen) atoms. The van der Waals surface area contributed by atoms with E-state index in [9.17, 15) is 0 Å². The van der Waals surface area contributed by atoms with Crippen LogP contribution in [0.5, 0.6) is 5.75 Å². The molecular formula is C16H24BrNO. The lowest BCUT2D eigenvalue weighted by atomic mass is 9.94. The lowest BCUT2D eigenvalue weighted by molar-refractivity contribution is 0.146. The van der Waals surface area contributed by atoms with Gasteiger partial charge in [-0.3, -0.25) is 0 Å². The van der Waals surface area contributed by atoms with Gasteiger partial charge in [-0.1, -0.05) is 54.6 Å². The third kappa shape index (κ3) is 4.22. The third-order valence-electron chi connectivity index (χ3n) is 3.82. The second-order valence-corrected chi connectivity index (χ2v) is 6.38. The first-order chi connectivity index (χ1) is 9.20. The van der Waals surface area contributed by atoms with Crippen molar-refractivity contribution < 1.29 is 4.74 Å². The van der Waals surface area contributed by atoms with Gasteiger partial charge in [-0.2, -0.15) is 0 Å². The van der Waals surface area contributed by atoms with Crippen LogP contribution in [0, 0.1) is 0 Å². The monoisotopic (exact) mass is 325 g/mol. The SMILES string of the molecule is CCCCCCCC1C[C@@H](N)c2ccc(Br)cc2O1. The fourth-order valence-corrected chi connectivity index (χ4v) is 3.05. The number of benzene rings is 1. The van der Waals surface area contributed by atoms with Gasteiger partial charge in [0.15, 0.2) is 0 Å². The zero-order valence-electron chi connectivity index (χ0n) is 11.7. The molecule has 2 nitrogen and oxygen atoms in total. The Labute approximate surface area is 124 Å². The Morgan fingerprint density at radius 1 is 1.26 bits per heavy atom. The summed E-state index contributed by atoms with van der Waals surface area (Å²) in [5, 5.41) is 0. The molecule has 106 valence electrons. The fourth-order valence-electron chi connectivity index (χ4n) is 2.71. The van der Waals surface area contributed by atoms with Crippen molar-refractivity contribution in [2.45, 2.75) is 64.0 Å². The molecule has 0 spiro atoms. The topological polar surface area (TPSA) is 35.2 Å². The van der Waals surface area contributed by atoms with E-state index in [1.807, 2.05) is 12.1 Å². The van der Waals surface area contributed by atoms with Crippen LogP contribution in [0.1, 0.15) is 63.5 Å². The average molecular weight is 326 g/mol. The van der Waals surface area contributed by atoms with Gasteiger partial charge < -0.3 is 10.5 Å². The molecule has 1 aromatic carbocycles. The third-order valence-corrected chi connectivity index (χ3v) is 4.31. The highest BCUT2D eigenvalue weighted by Crippen LogP contribution is 2.36. The molecule has 3 heteroatoms. The summed E-state index contributed by atoms with van der Waals surface area (Å²) in [5.41, 5.74) is 7.39. The van der Waals surface area contributed by atoms with E-state index in [2.05, 4.69) is 28.9 Å². The summed E-state index contributed by atoms with van der Waals surface area (Å²) >= 11 is 3.49. The van der Waals surface area contributed by atoms with Gasteiger partial charge in [0.2, 0.25) is 0 Å². The van der Waals surface area contributed by atoms with Gasteiger partial charge in [-0.15, -0.1) is 0 Å². The summed E-state index contributed by atoms with van der Waals surface area (Å²) < 4.78 is 7.14. The molecule has 0 bridgehead atoms. The van der Waals surface area contributed by atoms with Gasteiger partial charge in [0.25, 0.3) is 0 Å². The number of ether oxygens (including phenoxy) is 1. The van der Waals surface area contributed by atoms with Gasteiger partial charge in [-0.25, -0.2) is 0 Å². The van der Waals surface area contributed by atoms with Crippen molar-refractivity contribution in [2.24, 2.45) is 5.73 Å². The minimum atomic E-state index is 0.123. The molecule has 0 aromatic heterocycles. The van der Waals surface area contributed by atoms with E-state index >= 15 is 0 Å². The normalized spacial score (nSPS) is 21.8. The Bertz CT molecular complexity index is 408. The smallest absolute Gasteiger partial charge is 0.125 e. The van der Waals surface area contributed by atoms with Gasteiger partial charge in [0, 0.05) is 22.5 Å². The predicted molar refractivity (Wildman–Crippen MR) is 83.5 cm³/mol. The molecule has 1 aromatic rings. The van der Waals surface area contributed by atoms with Crippen LogP contribution in [-0.2, 0) is 0 Å². The van der Waals surface area contributed by atoms with Crippen molar-refractivity contribution in [3.8, 4) is 5.75 Å². The van der Waals surface area contributed by atoms with Crippen molar-refractivity contribution in [1.82, 2.24) is 0 Å². The maximum absolute atomic E-state index is 6.24. The number of hydrogen-bond acceptors (Lipinski definition) is 2. The van der Waals surface area contributed by atoms with Gasteiger partial charge in [0.1, 0.15) is 11.9 Å². The molecule has 0 saturated carbocycles. The molecule has 2 rings (SSSR count). The molecule has 0 radical (unpaired) electrons. The van der Waals surface area contributed by atoms with Gasteiger partial charge >= 0.3 is 0 Å². The molecule has 2 N–H and O–H groups in total. The van der Waals surface area contributed by atoms with Crippen LogP contribution in [0.4, 0.5) is 0 Å². The zero-order chi connectivity index (χ0) is 13.7. The summed E-state index contributed by atoms with van der Waals surface area (Å²) in [4.78, 5) is 0. The summed E-state index contributed by atoms with van der Waals surface area (Å²) in [7, 11) is 0. The molecule has 2 atom stereocenters. The number of halogens is 1. The average Bonchev–Trinajstić information content (AvgIpc) is 2.38. The highest BCUT2D eigenvalue weighted by Gasteiger charge is 2.25. The number of hydrogen-bond donors (Lipinski definition) is 1. The van der Waals surface area contributed by atoms with E-state index < -0.39 is 0 Å². The largest absolute Gasteiger partial charge is 0.490 e. The first-order valence-electron chi connectivity index (χ1n) is 7.42. The van der Waals surface area contributed by atoms with Crippen LogP contribution in [-0.4, -0.2) is 6.10 Å². The van der Waals surface area contributed by atoms with E-state index in [1.54, 1.807) is 0 Å². The molecule has 0 aliphatic carbocycles. The Balaban J connectivity index is 1.86. The fraction of sp³-hybridized carbons (Fsp3) is 0.625. The zero-order valence-corrected chi connectivity index (χ0v) is 13.3. The summed E-state index contributed by atoms with van der Waals surface area (Å²) in [5.74, 6) is 0.965. The standard InChI is InChI=1S/C16H24BrNO/c1-2-3-4-5-6-7-13-11-15(18)14-9-8-12(17)10-16(14)19-13/h8-10,13,15H,2-7,11,18H2,1H3/t13?,15-/m1/s1. The first-order valence-corrected chi connectivity index (χ1v) is 8.21. The molecule has 0 saturated heterocycles. The Morgan fingerprint density at radius 3 is 2.84 bits per heavy atom. The number of unbranched alkanes of at least 4 members (excludes halogenated alkanes) is 4. The van der Waals surface area contributed by atoms with Crippen molar-refractivity contribution in [3.63, 3.8) is 0 Å². The summed E-state index contributed by atoms with van der Waals surface area (Å²) in [6, 6.07) is 6.27. The molecule has 1 aliphatic rings.